The molecule has 0 nitrogen and oxygen atoms in total. The Bertz CT molecular complexity index is 137. The van der Waals surface area contributed by atoms with Crippen molar-refractivity contribution >= 4 is 10.9 Å². The molecule has 0 saturated carbocycles. The van der Waals surface area contributed by atoms with E-state index in [2.05, 4.69) is 0 Å². The Balaban J connectivity index is 5.02. The van der Waals surface area contributed by atoms with Crippen molar-refractivity contribution in [2.75, 3.05) is 18.6 Å². The summed E-state index contributed by atoms with van der Waals surface area (Å²) in [5, 5.41) is 0. The SMILES string of the molecule is [2H]C([2H])([2H])[S+](C([2H])([2H])[2H])C([2H])([2H])[2H]. The van der Waals surface area contributed by atoms with Gasteiger partial charge in [-0.1, -0.05) is 0 Å². The van der Waals surface area contributed by atoms with Gasteiger partial charge in [-0.15, -0.1) is 0 Å². The van der Waals surface area contributed by atoms with Crippen LogP contribution in [0.2, 0.25) is 0 Å². The lowest BCUT2D eigenvalue weighted by Gasteiger charge is -1.69. The molecule has 0 aromatic rings. The monoisotopic (exact) mass is 86.1 g/mol. The zero-order chi connectivity index (χ0) is 11.1. The molecule has 26 valence electrons. The second-order valence-electron chi connectivity index (χ2n) is 0.306. The van der Waals surface area contributed by atoms with E-state index in [0.717, 1.165) is 0 Å². The van der Waals surface area contributed by atoms with Gasteiger partial charge >= 0.3 is 0 Å². The van der Waals surface area contributed by atoms with Crippen molar-refractivity contribution in [1.29, 1.82) is 0 Å². The largest absolute Gasteiger partial charge is 0.0969 e. The van der Waals surface area contributed by atoms with E-state index < -0.39 is 29.4 Å². The first-order valence-corrected chi connectivity index (χ1v) is 1.84. The smallest absolute Gasteiger partial charge is 0.0219 e. The maximum absolute atomic E-state index is 6.83. The van der Waals surface area contributed by atoms with E-state index in [1.54, 1.807) is 0 Å². The maximum Gasteiger partial charge on any atom is 0.0969 e. The Morgan fingerprint density at radius 3 is 2.00 bits per heavy atom. The van der Waals surface area contributed by atoms with Crippen LogP contribution in [0.5, 0.6) is 0 Å². The molecule has 0 aliphatic carbocycles. The molecule has 0 amide bonds. The highest BCUT2D eigenvalue weighted by atomic mass is 32.2. The quantitative estimate of drug-likeness (QED) is 0.376. The molecule has 1 heteroatoms. The van der Waals surface area contributed by atoms with Crippen molar-refractivity contribution in [3.63, 3.8) is 0 Å². The van der Waals surface area contributed by atoms with Crippen LogP contribution < -0.4 is 0 Å². The van der Waals surface area contributed by atoms with E-state index in [1.807, 2.05) is 0 Å². The minimum atomic E-state index is -2.96. The third kappa shape index (κ3) is 35.0. The lowest BCUT2D eigenvalue weighted by atomic mass is 11.9. The van der Waals surface area contributed by atoms with Crippen molar-refractivity contribution < 1.29 is 12.3 Å². The third-order valence-electron chi connectivity index (χ3n) is 0. The standard InChI is InChI=1S/C3H9S/c1-4(2)3/h1-3H3/q+1/i1D3,2D3,3D3. The maximum atomic E-state index is 6.83. The predicted octanol–water partition coefficient (Wildman–Crippen LogP) is 0.494. The molecule has 0 spiro atoms. The van der Waals surface area contributed by atoms with Gasteiger partial charge in [0.2, 0.25) is 0 Å². The van der Waals surface area contributed by atoms with Gasteiger partial charge in [-0.05, 0) is 10.9 Å². The van der Waals surface area contributed by atoms with E-state index in [0.29, 0.717) is 0 Å². The van der Waals surface area contributed by atoms with Crippen LogP contribution in [0.15, 0.2) is 0 Å². The molecule has 0 aromatic carbocycles. The summed E-state index contributed by atoms with van der Waals surface area (Å²) in [5.41, 5.74) is 0. The molecule has 0 aliphatic rings. The van der Waals surface area contributed by atoms with Crippen LogP contribution in [-0.2, 0) is 10.9 Å². The van der Waals surface area contributed by atoms with Crippen molar-refractivity contribution in [1.82, 2.24) is 0 Å². The third-order valence-corrected chi connectivity index (χ3v) is 0. The van der Waals surface area contributed by atoms with Crippen LogP contribution in [0, 0.1) is 0 Å². The van der Waals surface area contributed by atoms with Gasteiger partial charge in [0.15, 0.2) is 0 Å². The van der Waals surface area contributed by atoms with Gasteiger partial charge in [-0.2, -0.15) is 0 Å². The van der Waals surface area contributed by atoms with Crippen molar-refractivity contribution in [2.24, 2.45) is 0 Å². The predicted molar refractivity (Wildman–Crippen MR) is 25.1 cm³/mol. The Morgan fingerprint density at radius 1 is 1.50 bits per heavy atom. The zero-order valence-electron chi connectivity index (χ0n) is 10.9. The fourth-order valence-electron chi connectivity index (χ4n) is 0. The molecule has 0 atom stereocenters. The minimum Gasteiger partial charge on any atom is -0.0219 e. The van der Waals surface area contributed by atoms with Gasteiger partial charge in [-0.25, -0.2) is 0 Å². The van der Waals surface area contributed by atoms with Gasteiger partial charge in [0.1, 0.15) is 0 Å². The highest BCUT2D eigenvalue weighted by Crippen LogP contribution is 1.63. The van der Waals surface area contributed by atoms with Crippen LogP contribution in [0.1, 0.15) is 12.3 Å². The Morgan fingerprint density at radius 2 is 2.00 bits per heavy atom. The molecule has 0 bridgehead atoms. The topological polar surface area (TPSA) is 0 Å². The molecule has 0 unspecified atom stereocenters. The molecule has 0 aromatic heterocycles. The molecular weight excluding hydrogens is 68.1 g/mol. The van der Waals surface area contributed by atoms with Crippen LogP contribution in [0.25, 0.3) is 0 Å². The van der Waals surface area contributed by atoms with Gasteiger partial charge < -0.3 is 0 Å². The summed E-state index contributed by atoms with van der Waals surface area (Å²) in [7, 11) is -2.58. The first kappa shape index (κ1) is 0.320. The summed E-state index contributed by atoms with van der Waals surface area (Å²) in [5.74, 6) is 0. The highest BCUT2D eigenvalue weighted by molar-refractivity contribution is 7.94. The van der Waals surface area contributed by atoms with E-state index in [4.69, 9.17) is 12.3 Å². The molecule has 0 heterocycles. The highest BCUT2D eigenvalue weighted by Gasteiger charge is 1.77. The van der Waals surface area contributed by atoms with Crippen LogP contribution in [0.3, 0.4) is 0 Å². The molecule has 0 aliphatic heterocycles. The second-order valence-corrected chi connectivity index (χ2v) is 0.919. The summed E-state index contributed by atoms with van der Waals surface area (Å²) in [6, 6.07) is 0. The molecule has 0 rings (SSSR count). The first-order valence-electron chi connectivity index (χ1n) is 5.11. The summed E-state index contributed by atoms with van der Waals surface area (Å²) < 4.78 is 61.4. The van der Waals surface area contributed by atoms with E-state index in [-0.39, 0.29) is 0 Å². The van der Waals surface area contributed by atoms with Gasteiger partial charge in [0, 0.05) is 0 Å². The molecule has 0 fully saturated rings. The minimum absolute atomic E-state index is 2.58. The Labute approximate surface area is 43.2 Å². The summed E-state index contributed by atoms with van der Waals surface area (Å²) >= 11 is 0. The number of hydrogen-bond acceptors (Lipinski definition) is 0. The van der Waals surface area contributed by atoms with Gasteiger partial charge in [0.25, 0.3) is 0 Å². The van der Waals surface area contributed by atoms with Crippen molar-refractivity contribution in [3.05, 3.63) is 0 Å². The number of hydrogen-bond donors (Lipinski definition) is 0. The second kappa shape index (κ2) is 1.65. The fraction of sp³-hybridized carbons (Fsp3) is 1.00. The van der Waals surface area contributed by atoms with Gasteiger partial charge in [-0.3, -0.25) is 0 Å². The molecule has 0 radical (unpaired) electrons. The average Bonchev–Trinajstić information content (AvgIpc) is 1.44. The lowest BCUT2D eigenvalue weighted by Crippen LogP contribution is -1.84. The normalized spacial score (nSPS) is 51.8. The Kier molecular flexibility index (Phi) is 0.132. The van der Waals surface area contributed by atoms with Crippen molar-refractivity contribution in [3.8, 4) is 0 Å². The van der Waals surface area contributed by atoms with E-state index >= 15 is 0 Å². The van der Waals surface area contributed by atoms with E-state index in [1.165, 1.54) is 0 Å². The fourth-order valence-corrected chi connectivity index (χ4v) is 0. The van der Waals surface area contributed by atoms with Crippen LogP contribution in [-0.4, -0.2) is 18.6 Å². The average molecular weight is 86.2 g/mol. The summed E-state index contributed by atoms with van der Waals surface area (Å²) in [4.78, 5) is 0. The zero-order valence-corrected chi connectivity index (χ0v) is 2.72. The van der Waals surface area contributed by atoms with Crippen molar-refractivity contribution in [2.45, 2.75) is 0 Å². The number of rotatable bonds is 0. The molecule has 0 N–H and O–H groups in total. The van der Waals surface area contributed by atoms with Crippen LogP contribution in [0.4, 0.5) is 0 Å². The molecule has 0 saturated heterocycles. The van der Waals surface area contributed by atoms with Gasteiger partial charge in [0.05, 0.1) is 30.9 Å². The van der Waals surface area contributed by atoms with E-state index in [9.17, 15) is 0 Å². The lowest BCUT2D eigenvalue weighted by molar-refractivity contribution is 2.18. The first-order chi connectivity index (χ1) is 5.37. The summed E-state index contributed by atoms with van der Waals surface area (Å²) in [6.45, 7) is 0. The molecule has 4 heavy (non-hydrogen) atoms. The molecular formula is C3H9S+. The van der Waals surface area contributed by atoms with Crippen LogP contribution >= 0.6 is 0 Å². The Hall–Kier alpha value is 0.350. The summed E-state index contributed by atoms with van der Waals surface area (Å²) in [6.07, 6.45) is -8.89.